The topological polar surface area (TPSA) is 64.6 Å². The van der Waals surface area contributed by atoms with Crippen LogP contribution >= 0.6 is 0 Å². The average molecular weight is 217 g/mol. The Morgan fingerprint density at radius 3 is 2.27 bits per heavy atom. The number of nitrogens with one attached hydrogen (secondary N) is 1. The van der Waals surface area contributed by atoms with E-state index in [1.54, 1.807) is 0 Å². The summed E-state index contributed by atoms with van der Waals surface area (Å²) in [4.78, 5) is 21.6. The van der Waals surface area contributed by atoms with Crippen LogP contribution < -0.4 is 5.32 Å². The molecule has 1 unspecified atom stereocenters. The van der Waals surface area contributed by atoms with Crippen molar-refractivity contribution < 1.29 is 19.1 Å². The Morgan fingerprint density at radius 2 is 1.80 bits per heavy atom. The van der Waals surface area contributed by atoms with E-state index in [1.807, 2.05) is 0 Å². The maximum absolute atomic E-state index is 11.1. The summed E-state index contributed by atoms with van der Waals surface area (Å²) in [7, 11) is 0. The SMILES string of the molecule is CC(=O)OC(C)OC(=O)NCCC(C)C. The number of carbonyl (C=O) groups is 2. The van der Waals surface area contributed by atoms with Gasteiger partial charge in [-0.25, -0.2) is 4.79 Å². The van der Waals surface area contributed by atoms with Crippen LogP contribution in [0.5, 0.6) is 0 Å². The maximum Gasteiger partial charge on any atom is 0.410 e. The van der Waals surface area contributed by atoms with E-state index in [0.717, 1.165) is 6.42 Å². The lowest BCUT2D eigenvalue weighted by Crippen LogP contribution is -2.30. The van der Waals surface area contributed by atoms with E-state index in [-0.39, 0.29) is 0 Å². The summed E-state index contributed by atoms with van der Waals surface area (Å²) in [5.74, 6) is 0.0497. The molecule has 0 saturated heterocycles. The van der Waals surface area contributed by atoms with Crippen molar-refractivity contribution in [3.63, 3.8) is 0 Å². The molecule has 1 N–H and O–H groups in total. The molecule has 1 amide bonds. The van der Waals surface area contributed by atoms with Gasteiger partial charge in [0, 0.05) is 20.4 Å². The number of hydrogen-bond donors (Lipinski definition) is 1. The van der Waals surface area contributed by atoms with Gasteiger partial charge in [-0.3, -0.25) is 4.79 Å². The van der Waals surface area contributed by atoms with Crippen molar-refractivity contribution in [3.8, 4) is 0 Å². The van der Waals surface area contributed by atoms with E-state index in [0.29, 0.717) is 12.5 Å². The zero-order chi connectivity index (χ0) is 11.8. The summed E-state index contributed by atoms with van der Waals surface area (Å²) in [6.45, 7) is 7.44. The largest absolute Gasteiger partial charge is 0.426 e. The maximum atomic E-state index is 11.1. The van der Waals surface area contributed by atoms with Crippen LogP contribution in [-0.4, -0.2) is 24.9 Å². The smallest absolute Gasteiger partial charge is 0.410 e. The Kier molecular flexibility index (Phi) is 6.49. The van der Waals surface area contributed by atoms with Crippen molar-refractivity contribution >= 4 is 12.1 Å². The summed E-state index contributed by atoms with van der Waals surface area (Å²) in [6, 6.07) is 0. The minimum absolute atomic E-state index is 0.475. The number of rotatable bonds is 5. The molecule has 0 rings (SSSR count). The van der Waals surface area contributed by atoms with Gasteiger partial charge in [-0.1, -0.05) is 13.8 Å². The number of carbonyl (C=O) groups excluding carboxylic acids is 2. The average Bonchev–Trinajstić information content (AvgIpc) is 2.00. The van der Waals surface area contributed by atoms with E-state index >= 15 is 0 Å². The lowest BCUT2D eigenvalue weighted by Gasteiger charge is -2.13. The monoisotopic (exact) mass is 217 g/mol. The lowest BCUT2D eigenvalue weighted by molar-refractivity contribution is -0.162. The van der Waals surface area contributed by atoms with Crippen LogP contribution in [0.3, 0.4) is 0 Å². The third-order valence-corrected chi connectivity index (χ3v) is 1.60. The summed E-state index contributed by atoms with van der Waals surface area (Å²) in [5.41, 5.74) is 0. The van der Waals surface area contributed by atoms with Crippen LogP contribution in [0, 0.1) is 5.92 Å². The van der Waals surface area contributed by atoms with Gasteiger partial charge in [-0.05, 0) is 12.3 Å². The molecule has 1 atom stereocenters. The van der Waals surface area contributed by atoms with Gasteiger partial charge < -0.3 is 14.8 Å². The second kappa shape index (κ2) is 7.09. The number of alkyl carbamates (subject to hydrolysis) is 1. The van der Waals surface area contributed by atoms with E-state index in [1.165, 1.54) is 13.8 Å². The molecule has 15 heavy (non-hydrogen) atoms. The summed E-state index contributed by atoms with van der Waals surface area (Å²) >= 11 is 0. The van der Waals surface area contributed by atoms with Gasteiger partial charge in [0.2, 0.25) is 6.29 Å². The zero-order valence-corrected chi connectivity index (χ0v) is 9.70. The van der Waals surface area contributed by atoms with Crippen LogP contribution in [0.1, 0.15) is 34.1 Å². The number of amides is 1. The van der Waals surface area contributed by atoms with Gasteiger partial charge in [0.1, 0.15) is 0 Å². The van der Waals surface area contributed by atoms with Gasteiger partial charge in [-0.15, -0.1) is 0 Å². The second-order valence-corrected chi connectivity index (χ2v) is 3.69. The molecule has 0 aromatic rings. The molecule has 0 spiro atoms. The molecule has 0 aliphatic carbocycles. The highest BCUT2D eigenvalue weighted by atomic mass is 16.7. The summed E-state index contributed by atoms with van der Waals surface area (Å²) < 4.78 is 9.38. The van der Waals surface area contributed by atoms with Gasteiger partial charge in [0.15, 0.2) is 0 Å². The molecular formula is C10H19NO4. The molecule has 5 nitrogen and oxygen atoms in total. The first-order valence-electron chi connectivity index (χ1n) is 5.03. The normalized spacial score (nSPS) is 12.1. The molecule has 0 saturated carbocycles. The van der Waals surface area contributed by atoms with E-state index in [2.05, 4.69) is 23.9 Å². The highest BCUT2D eigenvalue weighted by Crippen LogP contribution is 1.98. The Morgan fingerprint density at radius 1 is 1.20 bits per heavy atom. The van der Waals surface area contributed by atoms with Crippen LogP contribution in [0.25, 0.3) is 0 Å². The van der Waals surface area contributed by atoms with Crippen molar-refractivity contribution in [1.82, 2.24) is 5.32 Å². The third-order valence-electron chi connectivity index (χ3n) is 1.60. The zero-order valence-electron chi connectivity index (χ0n) is 9.70. The highest BCUT2D eigenvalue weighted by molar-refractivity contribution is 5.68. The lowest BCUT2D eigenvalue weighted by atomic mass is 10.1. The van der Waals surface area contributed by atoms with Crippen LogP contribution in [0.15, 0.2) is 0 Å². The number of hydrogen-bond acceptors (Lipinski definition) is 4. The molecule has 0 fully saturated rings. The van der Waals surface area contributed by atoms with Gasteiger partial charge >= 0.3 is 12.1 Å². The molecular weight excluding hydrogens is 198 g/mol. The number of ether oxygens (including phenoxy) is 2. The minimum atomic E-state index is -0.846. The number of esters is 1. The van der Waals surface area contributed by atoms with Gasteiger partial charge in [0.05, 0.1) is 0 Å². The molecule has 88 valence electrons. The van der Waals surface area contributed by atoms with Crippen LogP contribution in [0.4, 0.5) is 4.79 Å². The molecule has 0 aliphatic heterocycles. The van der Waals surface area contributed by atoms with Gasteiger partial charge in [0.25, 0.3) is 0 Å². The molecule has 0 aromatic heterocycles. The standard InChI is InChI=1S/C10H19NO4/c1-7(2)5-6-11-10(13)15-9(4)14-8(3)12/h7,9H,5-6H2,1-4H3,(H,11,13). The first-order chi connectivity index (χ1) is 6.91. The highest BCUT2D eigenvalue weighted by Gasteiger charge is 2.10. The molecule has 0 aliphatic rings. The Hall–Kier alpha value is -1.26. The van der Waals surface area contributed by atoms with Crippen molar-refractivity contribution in [2.45, 2.75) is 40.4 Å². The fraction of sp³-hybridized carbons (Fsp3) is 0.800. The van der Waals surface area contributed by atoms with Crippen molar-refractivity contribution in [2.24, 2.45) is 5.92 Å². The van der Waals surface area contributed by atoms with Crippen molar-refractivity contribution in [1.29, 1.82) is 0 Å². The Labute approximate surface area is 90.1 Å². The fourth-order valence-electron chi connectivity index (χ4n) is 0.913. The minimum Gasteiger partial charge on any atom is -0.426 e. The summed E-state index contributed by atoms with van der Waals surface area (Å²) in [6.07, 6.45) is -0.525. The first-order valence-corrected chi connectivity index (χ1v) is 5.03. The van der Waals surface area contributed by atoms with Crippen molar-refractivity contribution in [2.75, 3.05) is 6.54 Å². The second-order valence-electron chi connectivity index (χ2n) is 3.69. The quantitative estimate of drug-likeness (QED) is 0.562. The Bertz CT molecular complexity index is 215. The van der Waals surface area contributed by atoms with Crippen LogP contribution in [0.2, 0.25) is 0 Å². The predicted molar refractivity (Wildman–Crippen MR) is 55.2 cm³/mol. The molecule has 5 heteroatoms. The molecule has 0 heterocycles. The van der Waals surface area contributed by atoms with E-state index in [4.69, 9.17) is 4.74 Å². The first kappa shape index (κ1) is 13.7. The predicted octanol–water partition coefficient (Wildman–Crippen LogP) is 1.67. The summed E-state index contributed by atoms with van der Waals surface area (Å²) in [5, 5.41) is 2.57. The molecule has 0 bridgehead atoms. The third kappa shape index (κ3) is 9.05. The molecule has 0 radical (unpaired) electrons. The van der Waals surface area contributed by atoms with Gasteiger partial charge in [-0.2, -0.15) is 0 Å². The van der Waals surface area contributed by atoms with E-state index in [9.17, 15) is 9.59 Å². The fourth-order valence-corrected chi connectivity index (χ4v) is 0.913. The Balaban J connectivity index is 3.60. The van der Waals surface area contributed by atoms with Crippen LogP contribution in [-0.2, 0) is 14.3 Å². The van der Waals surface area contributed by atoms with E-state index < -0.39 is 18.4 Å². The molecule has 0 aromatic carbocycles. The van der Waals surface area contributed by atoms with Crippen molar-refractivity contribution in [3.05, 3.63) is 0 Å².